The minimum Gasteiger partial charge on any atom is -0.465 e. The summed E-state index contributed by atoms with van der Waals surface area (Å²) in [6.07, 6.45) is 0.896. The van der Waals surface area contributed by atoms with E-state index < -0.39 is 0 Å². The van der Waals surface area contributed by atoms with Gasteiger partial charge in [-0.1, -0.05) is 29.8 Å². The fourth-order valence-electron chi connectivity index (χ4n) is 2.10. The molecule has 0 saturated heterocycles. The molecule has 1 aromatic carbocycles. The summed E-state index contributed by atoms with van der Waals surface area (Å²) in [6, 6.07) is 3.92. The molecule has 0 spiro atoms. The molecule has 2 rings (SSSR count). The zero-order valence-electron chi connectivity index (χ0n) is 10.7. The maximum Gasteiger partial charge on any atom is 0.338 e. The molecule has 18 heavy (non-hydrogen) atoms. The van der Waals surface area contributed by atoms with Crippen LogP contribution in [-0.4, -0.2) is 24.9 Å². The molecule has 0 saturated carbocycles. The Morgan fingerprint density at radius 1 is 1.50 bits per heavy atom. The monoisotopic (exact) mass is 329 g/mol. The molecule has 98 valence electrons. The van der Waals surface area contributed by atoms with E-state index in [4.69, 9.17) is 4.74 Å². The Balaban J connectivity index is 2.41. The fourth-order valence-corrected chi connectivity index (χ4v) is 3.53. The van der Waals surface area contributed by atoms with Crippen LogP contribution in [0.15, 0.2) is 16.6 Å². The van der Waals surface area contributed by atoms with Gasteiger partial charge in [0.05, 0.1) is 18.4 Å². The van der Waals surface area contributed by atoms with Crippen LogP contribution >= 0.6 is 27.9 Å². The van der Waals surface area contributed by atoms with Gasteiger partial charge < -0.3 is 9.04 Å². The van der Waals surface area contributed by atoms with Crippen molar-refractivity contribution in [3.63, 3.8) is 0 Å². The van der Waals surface area contributed by atoms with E-state index in [0.717, 1.165) is 28.7 Å². The molecule has 0 bridgehead atoms. The van der Waals surface area contributed by atoms with Crippen LogP contribution in [0.2, 0.25) is 0 Å². The Hall–Kier alpha value is -0.680. The van der Waals surface area contributed by atoms with E-state index >= 15 is 0 Å². The number of benzene rings is 1. The van der Waals surface area contributed by atoms with Crippen molar-refractivity contribution in [2.75, 3.05) is 18.0 Å². The minimum absolute atomic E-state index is 0.260. The quantitative estimate of drug-likeness (QED) is 0.625. The summed E-state index contributed by atoms with van der Waals surface area (Å²) >= 11 is 5.27. The van der Waals surface area contributed by atoms with Crippen LogP contribution in [0.4, 0.5) is 5.69 Å². The van der Waals surface area contributed by atoms with E-state index in [1.807, 2.05) is 6.07 Å². The van der Waals surface area contributed by atoms with Crippen LogP contribution in [0.25, 0.3) is 0 Å². The third-order valence-corrected chi connectivity index (χ3v) is 4.28. The molecule has 0 aliphatic carbocycles. The molecule has 0 N–H and O–H groups in total. The predicted octanol–water partition coefficient (Wildman–Crippen LogP) is 3.65. The Morgan fingerprint density at radius 3 is 2.83 bits per heavy atom. The van der Waals surface area contributed by atoms with Gasteiger partial charge in [0.25, 0.3) is 0 Å². The van der Waals surface area contributed by atoms with Crippen LogP contribution in [0.3, 0.4) is 0 Å². The standard InChI is InChI=1S/C13H16BrNO2S/c1-8(2)18-15-5-4-10-11(13(16)17-3)6-9(14)7-12(10)15/h6-8H,4-5H2,1-3H3. The summed E-state index contributed by atoms with van der Waals surface area (Å²) in [4.78, 5) is 11.8. The first-order chi connectivity index (χ1) is 8.52. The number of hydrogen-bond acceptors (Lipinski definition) is 4. The van der Waals surface area contributed by atoms with Gasteiger partial charge in [0, 0.05) is 16.3 Å². The van der Waals surface area contributed by atoms with Gasteiger partial charge in [-0.2, -0.15) is 0 Å². The van der Waals surface area contributed by atoms with Crippen molar-refractivity contribution in [2.45, 2.75) is 25.5 Å². The van der Waals surface area contributed by atoms with Crippen molar-refractivity contribution < 1.29 is 9.53 Å². The number of carbonyl (C=O) groups is 1. The number of fused-ring (bicyclic) bond motifs is 1. The first kappa shape index (κ1) is 13.7. The Bertz CT molecular complexity index is 476. The Morgan fingerprint density at radius 2 is 2.22 bits per heavy atom. The molecule has 1 aliphatic heterocycles. The van der Waals surface area contributed by atoms with E-state index in [2.05, 4.69) is 40.1 Å². The van der Waals surface area contributed by atoms with Gasteiger partial charge in [-0.25, -0.2) is 4.79 Å². The smallest absolute Gasteiger partial charge is 0.338 e. The number of halogens is 1. The second-order valence-corrected chi connectivity index (χ2v) is 6.96. The molecule has 1 heterocycles. The molecule has 0 aromatic heterocycles. The molecule has 3 nitrogen and oxygen atoms in total. The molecule has 5 heteroatoms. The fraction of sp³-hybridized carbons (Fsp3) is 0.462. The number of esters is 1. The molecular formula is C13H16BrNO2S. The zero-order chi connectivity index (χ0) is 13.3. The highest BCUT2D eigenvalue weighted by molar-refractivity contribution is 9.10. The summed E-state index contributed by atoms with van der Waals surface area (Å²) in [5.74, 6) is -0.260. The van der Waals surface area contributed by atoms with E-state index in [1.54, 1.807) is 11.9 Å². The number of anilines is 1. The van der Waals surface area contributed by atoms with Crippen molar-refractivity contribution in [1.82, 2.24) is 0 Å². The molecule has 1 aliphatic rings. The third-order valence-electron chi connectivity index (χ3n) is 2.77. The molecule has 0 unspecified atom stereocenters. The lowest BCUT2D eigenvalue weighted by molar-refractivity contribution is 0.0599. The SMILES string of the molecule is COC(=O)c1cc(Br)cc2c1CCN2SC(C)C. The Kier molecular flexibility index (Phi) is 4.22. The minimum atomic E-state index is -0.260. The highest BCUT2D eigenvalue weighted by atomic mass is 79.9. The van der Waals surface area contributed by atoms with Crippen LogP contribution in [0.5, 0.6) is 0 Å². The van der Waals surface area contributed by atoms with Gasteiger partial charge in [-0.3, -0.25) is 0 Å². The number of ether oxygens (including phenoxy) is 1. The molecule has 0 fully saturated rings. The van der Waals surface area contributed by atoms with E-state index in [-0.39, 0.29) is 5.97 Å². The largest absolute Gasteiger partial charge is 0.465 e. The molecule has 0 atom stereocenters. The average molecular weight is 330 g/mol. The highest BCUT2D eigenvalue weighted by Crippen LogP contribution is 2.38. The average Bonchev–Trinajstić information content (AvgIpc) is 2.69. The summed E-state index contributed by atoms with van der Waals surface area (Å²) < 4.78 is 8.02. The van der Waals surface area contributed by atoms with Crippen LogP contribution in [0, 0.1) is 0 Å². The van der Waals surface area contributed by atoms with Gasteiger partial charge in [0.15, 0.2) is 0 Å². The van der Waals surface area contributed by atoms with E-state index in [1.165, 1.54) is 7.11 Å². The van der Waals surface area contributed by atoms with E-state index in [9.17, 15) is 4.79 Å². The third kappa shape index (κ3) is 2.67. The maximum atomic E-state index is 11.8. The molecule has 1 aromatic rings. The van der Waals surface area contributed by atoms with Gasteiger partial charge in [0.2, 0.25) is 0 Å². The summed E-state index contributed by atoms with van der Waals surface area (Å²) in [5.41, 5.74) is 2.90. The second-order valence-electron chi connectivity index (χ2n) is 4.45. The van der Waals surface area contributed by atoms with E-state index in [0.29, 0.717) is 10.8 Å². The van der Waals surface area contributed by atoms with Crippen molar-refractivity contribution in [1.29, 1.82) is 0 Å². The van der Waals surface area contributed by atoms with Crippen LogP contribution < -0.4 is 4.31 Å². The lowest BCUT2D eigenvalue weighted by Crippen LogP contribution is -2.13. The van der Waals surface area contributed by atoms with Crippen molar-refractivity contribution >= 4 is 39.5 Å². The number of carbonyl (C=O) groups excluding carboxylic acids is 1. The molecule has 0 radical (unpaired) electrons. The normalized spacial score (nSPS) is 13.9. The lowest BCUT2D eigenvalue weighted by Gasteiger charge is -2.20. The van der Waals surface area contributed by atoms with Crippen LogP contribution in [-0.2, 0) is 11.2 Å². The Labute approximate surface area is 120 Å². The summed E-state index contributed by atoms with van der Waals surface area (Å²) in [7, 11) is 1.42. The van der Waals surface area contributed by atoms with Gasteiger partial charge in [-0.05, 0) is 36.1 Å². The predicted molar refractivity (Wildman–Crippen MR) is 79.3 cm³/mol. The molecule has 0 amide bonds. The van der Waals surface area contributed by atoms with Crippen molar-refractivity contribution in [2.24, 2.45) is 0 Å². The summed E-state index contributed by atoms with van der Waals surface area (Å²) in [6.45, 7) is 5.28. The second kappa shape index (κ2) is 5.53. The highest BCUT2D eigenvalue weighted by Gasteiger charge is 2.26. The maximum absolute atomic E-state index is 11.8. The number of hydrogen-bond donors (Lipinski definition) is 0. The first-order valence-electron chi connectivity index (χ1n) is 5.88. The first-order valence-corrected chi connectivity index (χ1v) is 7.51. The number of rotatable bonds is 3. The lowest BCUT2D eigenvalue weighted by atomic mass is 10.1. The van der Waals surface area contributed by atoms with Gasteiger partial charge >= 0.3 is 5.97 Å². The topological polar surface area (TPSA) is 29.5 Å². The van der Waals surface area contributed by atoms with Crippen molar-refractivity contribution in [3.05, 3.63) is 27.7 Å². The summed E-state index contributed by atoms with van der Waals surface area (Å²) in [5, 5.41) is 0.525. The van der Waals surface area contributed by atoms with Gasteiger partial charge in [-0.15, -0.1) is 0 Å². The number of methoxy groups -OCH3 is 1. The van der Waals surface area contributed by atoms with Gasteiger partial charge in [0.1, 0.15) is 0 Å². The van der Waals surface area contributed by atoms with Crippen molar-refractivity contribution in [3.8, 4) is 0 Å². The molecular weight excluding hydrogens is 314 g/mol. The van der Waals surface area contributed by atoms with Crippen LogP contribution in [0.1, 0.15) is 29.8 Å². The zero-order valence-corrected chi connectivity index (χ0v) is 13.1. The number of nitrogens with zero attached hydrogens (tertiary/aromatic N) is 1.